The number of carbonyl (C=O) groups excluding carboxylic acids is 1. The van der Waals surface area contributed by atoms with E-state index in [0.29, 0.717) is 18.5 Å². The summed E-state index contributed by atoms with van der Waals surface area (Å²) in [7, 11) is 0. The number of amides is 1. The highest BCUT2D eigenvalue weighted by Crippen LogP contribution is 2.45. The van der Waals surface area contributed by atoms with Gasteiger partial charge in [0.15, 0.2) is 6.10 Å². The molecule has 0 saturated carbocycles. The van der Waals surface area contributed by atoms with E-state index in [1.54, 1.807) is 0 Å². The lowest BCUT2D eigenvalue weighted by atomic mass is 9.83. The number of rotatable bonds is 5. The monoisotopic (exact) mass is 479 g/mol. The number of carbonyl (C=O) groups is 2. The average molecular weight is 480 g/mol. The van der Waals surface area contributed by atoms with Crippen LogP contribution in [0.1, 0.15) is 75.8 Å². The second-order valence-corrected chi connectivity index (χ2v) is 11.0. The summed E-state index contributed by atoms with van der Waals surface area (Å²) in [5, 5.41) is 10.4. The summed E-state index contributed by atoms with van der Waals surface area (Å²) in [4.78, 5) is 27.6. The number of hydrogen-bond donors (Lipinski definition) is 1. The van der Waals surface area contributed by atoms with E-state index in [0.717, 1.165) is 65.1 Å². The zero-order valence-corrected chi connectivity index (χ0v) is 21.7. The molecule has 0 bridgehead atoms. The van der Waals surface area contributed by atoms with Crippen molar-refractivity contribution in [3.05, 3.63) is 46.5 Å². The van der Waals surface area contributed by atoms with Crippen LogP contribution in [0.5, 0.6) is 5.75 Å². The van der Waals surface area contributed by atoms with Crippen LogP contribution in [0.3, 0.4) is 0 Å². The molecule has 4 rings (SSSR count). The Balaban J connectivity index is 1.99. The van der Waals surface area contributed by atoms with Crippen LogP contribution >= 0.6 is 0 Å². The summed E-state index contributed by atoms with van der Waals surface area (Å²) >= 11 is 0. The van der Waals surface area contributed by atoms with Crippen molar-refractivity contribution in [1.29, 1.82) is 0 Å². The fraction of sp³-hybridized carbons (Fsp3) is 0.517. The molecule has 2 aliphatic heterocycles. The van der Waals surface area contributed by atoms with Gasteiger partial charge in [0.25, 0.3) is 0 Å². The molecule has 0 radical (unpaired) electrons. The minimum atomic E-state index is -1.15. The minimum absolute atomic E-state index is 0.0543. The number of ether oxygens (including phenoxy) is 2. The third-order valence-corrected chi connectivity index (χ3v) is 6.67. The molecule has 2 aromatic rings. The van der Waals surface area contributed by atoms with E-state index in [2.05, 4.69) is 12.1 Å². The molecule has 1 N–H and O–H groups in total. The summed E-state index contributed by atoms with van der Waals surface area (Å²) < 4.78 is 12.0. The number of fused-ring (bicyclic) bond motifs is 2. The smallest absolute Gasteiger partial charge is 0.337 e. The number of carboxylic acids is 1. The molecule has 35 heavy (non-hydrogen) atoms. The minimum Gasteiger partial charge on any atom is -0.493 e. The van der Waals surface area contributed by atoms with Gasteiger partial charge in [-0.15, -0.1) is 0 Å². The van der Waals surface area contributed by atoms with Crippen LogP contribution in [-0.2, 0) is 27.2 Å². The van der Waals surface area contributed by atoms with Crippen molar-refractivity contribution in [1.82, 2.24) is 0 Å². The van der Waals surface area contributed by atoms with Crippen LogP contribution in [0.25, 0.3) is 11.1 Å². The van der Waals surface area contributed by atoms with Gasteiger partial charge in [0, 0.05) is 23.7 Å². The molecule has 1 amide bonds. The second-order valence-electron chi connectivity index (χ2n) is 11.0. The van der Waals surface area contributed by atoms with Crippen molar-refractivity contribution in [3.8, 4) is 16.9 Å². The second kappa shape index (κ2) is 9.65. The number of benzene rings is 2. The fourth-order valence-corrected chi connectivity index (χ4v) is 5.22. The molecule has 6 nitrogen and oxygen atoms in total. The Labute approximate surface area is 208 Å². The van der Waals surface area contributed by atoms with Gasteiger partial charge in [-0.25, -0.2) is 4.79 Å². The Morgan fingerprint density at radius 1 is 1.11 bits per heavy atom. The van der Waals surface area contributed by atoms with Crippen molar-refractivity contribution < 1.29 is 24.2 Å². The molecular weight excluding hydrogens is 442 g/mol. The van der Waals surface area contributed by atoms with Crippen LogP contribution in [0.2, 0.25) is 0 Å². The molecule has 6 heteroatoms. The lowest BCUT2D eigenvalue weighted by Gasteiger charge is -2.36. The van der Waals surface area contributed by atoms with Gasteiger partial charge in [0.05, 0.1) is 12.2 Å². The lowest BCUT2D eigenvalue weighted by molar-refractivity contribution is -0.160. The molecule has 0 saturated heterocycles. The zero-order valence-electron chi connectivity index (χ0n) is 21.7. The van der Waals surface area contributed by atoms with Crippen molar-refractivity contribution in [2.75, 3.05) is 18.1 Å². The number of carboxylic acid groups (broad SMARTS) is 1. The normalized spacial score (nSPS) is 16.4. The Morgan fingerprint density at radius 2 is 1.86 bits per heavy atom. The van der Waals surface area contributed by atoms with Crippen LogP contribution in [0.15, 0.2) is 24.3 Å². The van der Waals surface area contributed by atoms with E-state index in [9.17, 15) is 14.7 Å². The molecule has 0 aromatic heterocycles. The van der Waals surface area contributed by atoms with E-state index in [1.165, 1.54) is 0 Å². The van der Waals surface area contributed by atoms with Crippen LogP contribution in [0, 0.1) is 12.8 Å². The summed E-state index contributed by atoms with van der Waals surface area (Å²) in [5.41, 5.74) is 5.63. The summed E-state index contributed by atoms with van der Waals surface area (Å²) in [6.45, 7) is 12.8. The Kier molecular flexibility index (Phi) is 6.96. The average Bonchev–Trinajstić information content (AvgIpc) is 2.80. The maximum Gasteiger partial charge on any atom is 0.337 e. The molecule has 1 atom stereocenters. The van der Waals surface area contributed by atoms with Crippen molar-refractivity contribution in [2.45, 2.75) is 78.9 Å². The van der Waals surface area contributed by atoms with Crippen LogP contribution in [-0.4, -0.2) is 35.7 Å². The molecular formula is C29H37NO5. The molecule has 188 valence electrons. The fourth-order valence-electron chi connectivity index (χ4n) is 5.22. The predicted molar refractivity (Wildman–Crippen MR) is 137 cm³/mol. The zero-order chi connectivity index (χ0) is 25.5. The summed E-state index contributed by atoms with van der Waals surface area (Å²) in [6, 6.07) is 8.18. The number of nitrogens with zero attached hydrogens (tertiary/aromatic N) is 1. The standard InChI is InChI=1S/C29H37NO5/c1-17(2)27(31)30-13-7-10-21-22(30)15-18(3)24(25(21)26(28(32)33)35-29(4,5)6)20-11-12-23-19(16-20)9-8-14-34-23/h11-12,15-17,26H,7-10,13-14H2,1-6H3,(H,32,33). The SMILES string of the molecule is Cc1cc2c(c(C(OC(C)(C)C)C(=O)O)c1-c1ccc3c(c1)CCCO3)CCCN2C(=O)C(C)C. The van der Waals surface area contributed by atoms with Gasteiger partial charge >= 0.3 is 5.97 Å². The molecule has 1 unspecified atom stereocenters. The first-order valence-electron chi connectivity index (χ1n) is 12.6. The third-order valence-electron chi connectivity index (χ3n) is 6.67. The first kappa shape index (κ1) is 25.2. The molecule has 2 heterocycles. The van der Waals surface area contributed by atoms with Gasteiger partial charge in [-0.3, -0.25) is 4.79 Å². The van der Waals surface area contributed by atoms with Gasteiger partial charge < -0.3 is 19.5 Å². The molecule has 0 spiro atoms. The van der Waals surface area contributed by atoms with Gasteiger partial charge in [-0.05, 0) is 99.4 Å². The molecule has 0 fully saturated rings. The van der Waals surface area contributed by atoms with Gasteiger partial charge in [0.1, 0.15) is 5.75 Å². The highest BCUT2D eigenvalue weighted by atomic mass is 16.5. The molecule has 2 aliphatic rings. The summed E-state index contributed by atoms with van der Waals surface area (Å²) in [5.74, 6) is -0.223. The highest BCUT2D eigenvalue weighted by molar-refractivity contribution is 5.97. The van der Waals surface area contributed by atoms with Gasteiger partial charge in [-0.1, -0.05) is 19.9 Å². The maximum atomic E-state index is 13.1. The first-order chi connectivity index (χ1) is 16.5. The number of aliphatic carboxylic acids is 1. The number of anilines is 1. The summed E-state index contributed by atoms with van der Waals surface area (Å²) in [6.07, 6.45) is 2.22. The number of hydrogen-bond acceptors (Lipinski definition) is 4. The van der Waals surface area contributed by atoms with Crippen molar-refractivity contribution >= 4 is 17.6 Å². The predicted octanol–water partition coefficient (Wildman–Crippen LogP) is 5.86. The van der Waals surface area contributed by atoms with Crippen molar-refractivity contribution in [2.24, 2.45) is 5.92 Å². The lowest BCUT2D eigenvalue weighted by Crippen LogP contribution is -2.39. The van der Waals surface area contributed by atoms with E-state index >= 15 is 0 Å². The van der Waals surface area contributed by atoms with E-state index in [4.69, 9.17) is 9.47 Å². The Hall–Kier alpha value is -2.86. The van der Waals surface area contributed by atoms with E-state index in [1.807, 2.05) is 58.6 Å². The largest absolute Gasteiger partial charge is 0.493 e. The van der Waals surface area contributed by atoms with Gasteiger partial charge in [0.2, 0.25) is 5.91 Å². The Bertz CT molecular complexity index is 1140. The van der Waals surface area contributed by atoms with Crippen LogP contribution in [0.4, 0.5) is 5.69 Å². The third kappa shape index (κ3) is 5.08. The molecule has 2 aromatic carbocycles. The highest BCUT2D eigenvalue weighted by Gasteiger charge is 2.36. The first-order valence-corrected chi connectivity index (χ1v) is 12.6. The van der Waals surface area contributed by atoms with Crippen LogP contribution < -0.4 is 9.64 Å². The van der Waals surface area contributed by atoms with Gasteiger partial charge in [-0.2, -0.15) is 0 Å². The van der Waals surface area contributed by atoms with E-state index in [-0.39, 0.29) is 11.8 Å². The maximum absolute atomic E-state index is 13.1. The Morgan fingerprint density at radius 3 is 2.51 bits per heavy atom. The van der Waals surface area contributed by atoms with Crippen molar-refractivity contribution in [3.63, 3.8) is 0 Å². The van der Waals surface area contributed by atoms with E-state index < -0.39 is 17.7 Å². The number of aryl methyl sites for hydroxylation is 2. The quantitative estimate of drug-likeness (QED) is 0.581. The molecule has 0 aliphatic carbocycles. The topological polar surface area (TPSA) is 76.1 Å².